The van der Waals surface area contributed by atoms with Gasteiger partial charge in [0.25, 0.3) is 0 Å². The second kappa shape index (κ2) is 8.39. The van der Waals surface area contributed by atoms with E-state index >= 15 is 0 Å². The van der Waals surface area contributed by atoms with Crippen LogP contribution in [0.25, 0.3) is 6.08 Å². The predicted molar refractivity (Wildman–Crippen MR) is 96.3 cm³/mol. The molecule has 10 heteroatoms. The zero-order valence-electron chi connectivity index (χ0n) is 13.0. The van der Waals surface area contributed by atoms with Crippen molar-refractivity contribution < 1.29 is 26.7 Å². The number of primary sulfonamides is 1. The number of nitrogens with two attached hydrogens (primary N) is 1. The Balaban J connectivity index is 2.17. The molecular formula is C16H13BrF2N2O4S. The first-order valence-corrected chi connectivity index (χ1v) is 9.35. The number of alkyl halides is 2. The van der Waals surface area contributed by atoms with E-state index in [0.29, 0.717) is 4.47 Å². The zero-order valence-corrected chi connectivity index (χ0v) is 15.4. The van der Waals surface area contributed by atoms with Crippen molar-refractivity contribution in [2.75, 3.05) is 5.32 Å². The van der Waals surface area contributed by atoms with Crippen molar-refractivity contribution in [3.63, 3.8) is 0 Å². The summed E-state index contributed by atoms with van der Waals surface area (Å²) in [5.41, 5.74) is 0.470. The largest absolute Gasteiger partial charge is 0.434 e. The van der Waals surface area contributed by atoms with Gasteiger partial charge in [0.1, 0.15) is 5.75 Å². The van der Waals surface area contributed by atoms with Crippen molar-refractivity contribution in [1.82, 2.24) is 0 Å². The molecule has 1 amide bonds. The van der Waals surface area contributed by atoms with Gasteiger partial charge in [0.15, 0.2) is 0 Å². The van der Waals surface area contributed by atoms with Crippen LogP contribution >= 0.6 is 15.9 Å². The Morgan fingerprint density at radius 1 is 1.23 bits per heavy atom. The second-order valence-corrected chi connectivity index (χ2v) is 7.43. The average molecular weight is 447 g/mol. The maximum atomic E-state index is 12.4. The number of benzene rings is 2. The van der Waals surface area contributed by atoms with Gasteiger partial charge in [0.2, 0.25) is 15.9 Å². The average Bonchev–Trinajstić information content (AvgIpc) is 2.54. The molecule has 0 aliphatic heterocycles. The van der Waals surface area contributed by atoms with E-state index in [4.69, 9.17) is 5.14 Å². The summed E-state index contributed by atoms with van der Waals surface area (Å²) in [6.07, 6.45) is 2.39. The third-order valence-electron chi connectivity index (χ3n) is 3.03. The summed E-state index contributed by atoms with van der Waals surface area (Å²) < 4.78 is 52.5. The lowest BCUT2D eigenvalue weighted by Crippen LogP contribution is -2.13. The molecule has 0 saturated carbocycles. The lowest BCUT2D eigenvalue weighted by Gasteiger charge is -2.08. The molecule has 0 aliphatic rings. The summed E-state index contributed by atoms with van der Waals surface area (Å²) in [5, 5.41) is 7.48. The highest BCUT2D eigenvalue weighted by Gasteiger charge is 2.10. The van der Waals surface area contributed by atoms with E-state index in [1.807, 2.05) is 0 Å². The van der Waals surface area contributed by atoms with Crippen LogP contribution in [0.1, 0.15) is 5.56 Å². The number of amides is 1. The van der Waals surface area contributed by atoms with Crippen molar-refractivity contribution in [3.8, 4) is 5.75 Å². The van der Waals surface area contributed by atoms with Crippen LogP contribution < -0.4 is 15.2 Å². The van der Waals surface area contributed by atoms with E-state index in [1.54, 1.807) is 0 Å². The Kier molecular flexibility index (Phi) is 6.46. The molecule has 0 aliphatic carbocycles. The Bertz CT molecular complexity index is 949. The number of ether oxygens (including phenoxy) is 1. The quantitative estimate of drug-likeness (QED) is 0.664. The molecule has 0 fully saturated rings. The van der Waals surface area contributed by atoms with E-state index < -0.39 is 22.5 Å². The third-order valence-corrected chi connectivity index (χ3v) is 4.44. The minimum Gasteiger partial charge on any atom is -0.434 e. The highest BCUT2D eigenvalue weighted by molar-refractivity contribution is 9.10. The molecule has 2 aromatic carbocycles. The number of halogens is 3. The Morgan fingerprint density at radius 3 is 2.62 bits per heavy atom. The predicted octanol–water partition coefficient (Wildman–Crippen LogP) is 3.35. The Morgan fingerprint density at radius 2 is 1.96 bits per heavy atom. The molecule has 3 N–H and O–H groups in total. The summed E-state index contributed by atoms with van der Waals surface area (Å²) >= 11 is 3.20. The van der Waals surface area contributed by atoms with Crippen molar-refractivity contribution in [3.05, 3.63) is 58.6 Å². The van der Waals surface area contributed by atoms with Gasteiger partial charge in [-0.25, -0.2) is 13.6 Å². The molecule has 2 aromatic rings. The molecule has 0 radical (unpaired) electrons. The van der Waals surface area contributed by atoms with Gasteiger partial charge < -0.3 is 10.1 Å². The molecular weight excluding hydrogens is 434 g/mol. The van der Waals surface area contributed by atoms with Gasteiger partial charge in [-0.3, -0.25) is 4.79 Å². The van der Waals surface area contributed by atoms with Crippen molar-refractivity contribution >= 4 is 43.6 Å². The van der Waals surface area contributed by atoms with Crippen LogP contribution in [0.4, 0.5) is 14.5 Å². The van der Waals surface area contributed by atoms with Crippen LogP contribution in [0, 0.1) is 0 Å². The first-order chi connectivity index (χ1) is 12.1. The topological polar surface area (TPSA) is 98.5 Å². The molecule has 0 heterocycles. The van der Waals surface area contributed by atoms with E-state index in [0.717, 1.165) is 6.08 Å². The van der Waals surface area contributed by atoms with Crippen LogP contribution in [-0.4, -0.2) is 20.9 Å². The van der Waals surface area contributed by atoms with Gasteiger partial charge >= 0.3 is 6.61 Å². The summed E-state index contributed by atoms with van der Waals surface area (Å²) in [5.74, 6) is -0.692. The fourth-order valence-electron chi connectivity index (χ4n) is 1.95. The number of hydrogen-bond acceptors (Lipinski definition) is 4. The monoisotopic (exact) mass is 446 g/mol. The standard InChI is InChI=1S/C16H13BrF2N2O4S/c17-11-5-6-14(25-16(18)19)10(8-11)4-7-15(22)21-12-2-1-3-13(9-12)26(20,23)24/h1-9,16H,(H,21,22)(H2,20,23,24). The molecule has 26 heavy (non-hydrogen) atoms. The summed E-state index contributed by atoms with van der Waals surface area (Å²) in [7, 11) is -3.90. The molecule has 138 valence electrons. The molecule has 2 rings (SSSR count). The number of rotatable bonds is 6. The third kappa shape index (κ3) is 5.90. The van der Waals surface area contributed by atoms with Gasteiger partial charge in [-0.2, -0.15) is 8.78 Å². The fourth-order valence-corrected chi connectivity index (χ4v) is 2.89. The number of carbonyl (C=O) groups is 1. The first kappa shape index (κ1) is 20.0. The minimum atomic E-state index is -3.90. The van der Waals surface area contributed by atoms with Gasteiger partial charge in [0, 0.05) is 21.8 Å². The molecule has 0 spiro atoms. The highest BCUT2D eigenvalue weighted by Crippen LogP contribution is 2.26. The lowest BCUT2D eigenvalue weighted by molar-refractivity contribution is -0.111. The smallest absolute Gasteiger partial charge is 0.387 e. The van der Waals surface area contributed by atoms with Crippen LogP contribution in [0.3, 0.4) is 0 Å². The van der Waals surface area contributed by atoms with Crippen LogP contribution in [0.15, 0.2) is 57.9 Å². The lowest BCUT2D eigenvalue weighted by atomic mass is 10.2. The summed E-state index contributed by atoms with van der Waals surface area (Å²) in [6.45, 7) is -3.00. The molecule has 0 unspecified atom stereocenters. The fraction of sp³-hybridized carbons (Fsp3) is 0.0625. The van der Waals surface area contributed by atoms with Crippen LogP contribution in [-0.2, 0) is 14.8 Å². The summed E-state index contributed by atoms with van der Waals surface area (Å²) in [6, 6.07) is 9.75. The minimum absolute atomic E-state index is 0.0940. The van der Waals surface area contributed by atoms with Gasteiger partial charge in [0.05, 0.1) is 4.90 Å². The summed E-state index contributed by atoms with van der Waals surface area (Å²) in [4.78, 5) is 11.8. The van der Waals surface area contributed by atoms with E-state index in [9.17, 15) is 22.0 Å². The van der Waals surface area contributed by atoms with Crippen LogP contribution in [0.2, 0.25) is 0 Å². The zero-order chi connectivity index (χ0) is 19.3. The highest BCUT2D eigenvalue weighted by atomic mass is 79.9. The molecule has 0 atom stereocenters. The number of nitrogens with one attached hydrogen (secondary N) is 1. The van der Waals surface area contributed by atoms with Crippen molar-refractivity contribution in [1.29, 1.82) is 0 Å². The number of anilines is 1. The van der Waals surface area contributed by atoms with E-state index in [2.05, 4.69) is 26.0 Å². The van der Waals surface area contributed by atoms with Gasteiger partial charge in [-0.1, -0.05) is 22.0 Å². The maximum absolute atomic E-state index is 12.4. The Labute approximate surface area is 156 Å². The van der Waals surface area contributed by atoms with Gasteiger partial charge in [-0.05, 0) is 42.5 Å². The second-order valence-electron chi connectivity index (χ2n) is 4.96. The maximum Gasteiger partial charge on any atom is 0.387 e. The molecule has 6 nitrogen and oxygen atoms in total. The van der Waals surface area contributed by atoms with Crippen molar-refractivity contribution in [2.45, 2.75) is 11.5 Å². The normalized spacial score (nSPS) is 11.7. The SMILES string of the molecule is NS(=O)(=O)c1cccc(NC(=O)C=Cc2cc(Br)ccc2OC(F)F)c1. The molecule has 0 aromatic heterocycles. The van der Waals surface area contributed by atoms with Gasteiger partial charge in [-0.15, -0.1) is 0 Å². The molecule has 0 bridgehead atoms. The van der Waals surface area contributed by atoms with Crippen molar-refractivity contribution in [2.24, 2.45) is 5.14 Å². The van der Waals surface area contributed by atoms with E-state index in [-0.39, 0.29) is 21.9 Å². The number of hydrogen-bond donors (Lipinski definition) is 2. The van der Waals surface area contributed by atoms with E-state index in [1.165, 1.54) is 48.5 Å². The number of sulfonamides is 1. The first-order valence-electron chi connectivity index (χ1n) is 7.01. The Hall–Kier alpha value is -2.30. The molecule has 0 saturated heterocycles. The van der Waals surface area contributed by atoms with Crippen LogP contribution in [0.5, 0.6) is 5.75 Å². The number of carbonyl (C=O) groups excluding carboxylic acids is 1.